The Morgan fingerprint density at radius 2 is 2.00 bits per heavy atom. The number of hydrogen-bond acceptors (Lipinski definition) is 0. The zero-order valence-corrected chi connectivity index (χ0v) is 4.54. The molecular formula is C7H12. The molecule has 40 valence electrons. The largest absolute Gasteiger partial charge is 0.0999 e. The Labute approximate surface area is 48.0 Å². The van der Waals surface area contributed by atoms with E-state index in [1.165, 1.54) is 19.3 Å². The molecule has 0 aromatic heterocycles. The van der Waals surface area contributed by atoms with E-state index in [4.69, 9.17) is 2.74 Å². The van der Waals surface area contributed by atoms with Crippen molar-refractivity contribution in [2.75, 3.05) is 0 Å². The van der Waals surface area contributed by atoms with Crippen molar-refractivity contribution in [2.45, 2.75) is 32.1 Å². The van der Waals surface area contributed by atoms with Gasteiger partial charge in [-0.1, -0.05) is 18.5 Å². The van der Waals surface area contributed by atoms with E-state index in [0.29, 0.717) is 0 Å². The molecule has 0 saturated heterocycles. The van der Waals surface area contributed by atoms with Crippen molar-refractivity contribution >= 4 is 0 Å². The first-order chi connectivity index (χ1) is 4.30. The Balaban J connectivity index is 2.49. The van der Waals surface area contributed by atoms with Gasteiger partial charge in [0.15, 0.2) is 0 Å². The molecule has 0 atom stereocenters. The average Bonchev–Trinajstić information content (AvgIpc) is 1.90. The van der Waals surface area contributed by atoms with Gasteiger partial charge >= 0.3 is 0 Å². The average molecular weight is 98.2 g/mol. The maximum atomic E-state index is 7.02. The van der Waals surface area contributed by atoms with Crippen LogP contribution in [-0.2, 0) is 0 Å². The molecule has 1 rings (SSSR count). The summed E-state index contributed by atoms with van der Waals surface area (Å²) in [5.74, 6) is 0. The maximum absolute atomic E-state index is 7.02. The zero-order chi connectivity index (χ0) is 6.69. The predicted molar refractivity (Wildman–Crippen MR) is 32.2 cm³/mol. The number of allylic oxidation sites excluding steroid dienone is 1. The summed E-state index contributed by atoms with van der Waals surface area (Å²) in [7, 11) is 0. The summed E-state index contributed by atoms with van der Waals surface area (Å²) in [5, 5.41) is 0. The molecule has 1 aliphatic rings. The topological polar surface area (TPSA) is 0 Å². The quantitative estimate of drug-likeness (QED) is 0.408. The summed E-state index contributed by atoms with van der Waals surface area (Å²) in [4.78, 5) is 0. The standard InChI is InChI=1S/C7H12/c1-7-5-3-2-4-6-7/h1-6H2/i1D2. The SMILES string of the molecule is [2H]C([2H])=C1CCCCC1. The lowest BCUT2D eigenvalue weighted by Gasteiger charge is -2.10. The maximum Gasteiger partial charge on any atom is 0.0537 e. The summed E-state index contributed by atoms with van der Waals surface area (Å²) in [5.41, 5.74) is 1.06. The fourth-order valence-electron chi connectivity index (χ4n) is 0.979. The summed E-state index contributed by atoms with van der Waals surface area (Å²) in [6.45, 7) is 0.0645. The highest BCUT2D eigenvalue weighted by molar-refractivity contribution is 4.95. The Morgan fingerprint density at radius 1 is 1.29 bits per heavy atom. The van der Waals surface area contributed by atoms with Gasteiger partial charge in [-0.05, 0) is 25.7 Å². The van der Waals surface area contributed by atoms with E-state index in [1.54, 1.807) is 0 Å². The fourth-order valence-corrected chi connectivity index (χ4v) is 0.979. The predicted octanol–water partition coefficient (Wildman–Crippen LogP) is 2.51. The lowest BCUT2D eigenvalue weighted by atomic mass is 9.97. The zero-order valence-electron chi connectivity index (χ0n) is 6.54. The van der Waals surface area contributed by atoms with Crippen LogP contribution in [0.2, 0.25) is 0 Å². The van der Waals surface area contributed by atoms with E-state index in [0.717, 1.165) is 18.4 Å². The van der Waals surface area contributed by atoms with Crippen LogP contribution < -0.4 is 0 Å². The molecule has 7 heavy (non-hydrogen) atoms. The van der Waals surface area contributed by atoms with Crippen molar-refractivity contribution in [3.8, 4) is 0 Å². The van der Waals surface area contributed by atoms with Crippen molar-refractivity contribution in [2.24, 2.45) is 0 Å². The second-order valence-electron chi connectivity index (χ2n) is 2.16. The van der Waals surface area contributed by atoms with E-state index in [1.807, 2.05) is 0 Å². The highest BCUT2D eigenvalue weighted by Gasteiger charge is 2.00. The van der Waals surface area contributed by atoms with Crippen LogP contribution in [0.4, 0.5) is 0 Å². The third-order valence-corrected chi connectivity index (χ3v) is 1.46. The monoisotopic (exact) mass is 98.1 g/mol. The summed E-state index contributed by atoms with van der Waals surface area (Å²) in [6, 6.07) is 0. The minimum atomic E-state index is 0.0645. The van der Waals surface area contributed by atoms with Crippen molar-refractivity contribution in [1.82, 2.24) is 0 Å². The van der Waals surface area contributed by atoms with E-state index < -0.39 is 0 Å². The van der Waals surface area contributed by atoms with E-state index in [9.17, 15) is 0 Å². The molecule has 0 aromatic carbocycles. The van der Waals surface area contributed by atoms with Crippen LogP contribution in [0.25, 0.3) is 0 Å². The molecule has 0 spiro atoms. The molecule has 0 heteroatoms. The molecular weight excluding hydrogens is 84.1 g/mol. The van der Waals surface area contributed by atoms with Crippen LogP contribution in [0.3, 0.4) is 0 Å². The van der Waals surface area contributed by atoms with Gasteiger partial charge in [-0.25, -0.2) is 0 Å². The van der Waals surface area contributed by atoms with Gasteiger partial charge in [0.1, 0.15) is 0 Å². The molecule has 0 radical (unpaired) electrons. The number of rotatable bonds is 0. The highest BCUT2D eigenvalue weighted by Crippen LogP contribution is 2.20. The van der Waals surface area contributed by atoms with Crippen LogP contribution >= 0.6 is 0 Å². The van der Waals surface area contributed by atoms with E-state index >= 15 is 0 Å². The highest BCUT2D eigenvalue weighted by atomic mass is 14.1. The van der Waals surface area contributed by atoms with Gasteiger partial charge in [0.25, 0.3) is 0 Å². The van der Waals surface area contributed by atoms with Crippen LogP contribution in [0.1, 0.15) is 34.8 Å². The number of hydrogen-bond donors (Lipinski definition) is 0. The first kappa shape index (κ1) is 2.91. The summed E-state index contributed by atoms with van der Waals surface area (Å²) < 4.78 is 14.0. The fraction of sp³-hybridized carbons (Fsp3) is 0.714. The van der Waals surface area contributed by atoms with Crippen LogP contribution in [0.5, 0.6) is 0 Å². The molecule has 0 amide bonds. The third kappa shape index (κ3) is 1.34. The summed E-state index contributed by atoms with van der Waals surface area (Å²) >= 11 is 0. The third-order valence-electron chi connectivity index (χ3n) is 1.46. The molecule has 0 bridgehead atoms. The van der Waals surface area contributed by atoms with Crippen molar-refractivity contribution < 1.29 is 2.74 Å². The Kier molecular flexibility index (Phi) is 0.894. The Bertz CT molecular complexity index is 115. The van der Waals surface area contributed by atoms with Gasteiger partial charge in [-0.3, -0.25) is 0 Å². The van der Waals surface area contributed by atoms with E-state index in [2.05, 4.69) is 0 Å². The molecule has 1 saturated carbocycles. The molecule has 0 N–H and O–H groups in total. The summed E-state index contributed by atoms with van der Waals surface area (Å²) in [6.07, 6.45) is 5.68. The second kappa shape index (κ2) is 2.15. The lowest BCUT2D eigenvalue weighted by molar-refractivity contribution is 0.601. The van der Waals surface area contributed by atoms with Crippen molar-refractivity contribution in [3.63, 3.8) is 0 Å². The minimum Gasteiger partial charge on any atom is -0.0999 e. The normalized spacial score (nSPS) is 26.0. The first-order valence-corrected chi connectivity index (χ1v) is 2.96. The van der Waals surface area contributed by atoms with Gasteiger partial charge in [-0.15, -0.1) is 0 Å². The van der Waals surface area contributed by atoms with Gasteiger partial charge in [0.2, 0.25) is 0 Å². The van der Waals surface area contributed by atoms with E-state index in [-0.39, 0.29) is 6.53 Å². The lowest BCUT2D eigenvalue weighted by Crippen LogP contribution is -1.90. The van der Waals surface area contributed by atoms with Gasteiger partial charge in [-0.2, -0.15) is 0 Å². The molecule has 0 heterocycles. The van der Waals surface area contributed by atoms with Crippen LogP contribution in [0, 0.1) is 0 Å². The molecule has 1 aliphatic carbocycles. The molecule has 0 aliphatic heterocycles. The first-order valence-electron chi connectivity index (χ1n) is 3.96. The smallest absolute Gasteiger partial charge is 0.0537 e. The molecule has 0 nitrogen and oxygen atoms in total. The Hall–Kier alpha value is -0.260. The van der Waals surface area contributed by atoms with Crippen molar-refractivity contribution in [3.05, 3.63) is 12.1 Å². The minimum absolute atomic E-state index is 0.0645. The Morgan fingerprint density at radius 3 is 2.43 bits per heavy atom. The van der Waals surface area contributed by atoms with Gasteiger partial charge in [0.05, 0.1) is 2.74 Å². The second-order valence-corrected chi connectivity index (χ2v) is 2.16. The molecule has 0 unspecified atom stereocenters. The van der Waals surface area contributed by atoms with Crippen LogP contribution in [-0.4, -0.2) is 0 Å². The van der Waals surface area contributed by atoms with Gasteiger partial charge in [0, 0.05) is 0 Å². The molecule has 0 aromatic rings. The molecule has 1 fully saturated rings. The van der Waals surface area contributed by atoms with Crippen molar-refractivity contribution in [1.29, 1.82) is 0 Å². The van der Waals surface area contributed by atoms with Gasteiger partial charge < -0.3 is 0 Å². The van der Waals surface area contributed by atoms with Crippen LogP contribution in [0.15, 0.2) is 12.1 Å².